The summed E-state index contributed by atoms with van der Waals surface area (Å²) < 4.78 is 44.5. The Balaban J connectivity index is 1.52. The lowest BCUT2D eigenvalue weighted by atomic mass is 10.1. The second kappa shape index (κ2) is 7.53. The Labute approximate surface area is 162 Å². The fourth-order valence-electron chi connectivity index (χ4n) is 3.19. The van der Waals surface area contributed by atoms with Crippen LogP contribution in [0.4, 0.5) is 0 Å². The van der Waals surface area contributed by atoms with Gasteiger partial charge in [-0.3, -0.25) is 4.98 Å². The van der Waals surface area contributed by atoms with Gasteiger partial charge in [0.25, 0.3) is 0 Å². The molecule has 9 heteroatoms. The van der Waals surface area contributed by atoms with Crippen molar-refractivity contribution >= 4 is 21.6 Å². The Kier molecular flexibility index (Phi) is 5.12. The molecular weight excluding hydrogens is 392 g/mol. The van der Waals surface area contributed by atoms with E-state index in [0.717, 1.165) is 6.42 Å². The van der Waals surface area contributed by atoms with E-state index in [-0.39, 0.29) is 17.5 Å². The molecule has 1 saturated heterocycles. The zero-order valence-corrected chi connectivity index (χ0v) is 16.1. The first-order valence-corrected chi connectivity index (χ1v) is 10.5. The van der Waals surface area contributed by atoms with Gasteiger partial charge in [0.1, 0.15) is 30.1 Å². The summed E-state index contributed by atoms with van der Waals surface area (Å²) in [5.41, 5.74) is 0. The molecule has 0 radical (unpaired) electrons. The second-order valence-electron chi connectivity index (χ2n) is 6.36. The monoisotopic (exact) mass is 410 g/mol. The van der Waals surface area contributed by atoms with Crippen LogP contribution in [0.2, 0.25) is 5.02 Å². The Hall–Kier alpha value is -2.03. The summed E-state index contributed by atoms with van der Waals surface area (Å²) in [6, 6.07) is 6.38. The Bertz CT molecular complexity index is 937. The molecule has 0 N–H and O–H groups in total. The highest BCUT2D eigenvalue weighted by atomic mass is 35.5. The minimum atomic E-state index is -3.66. The molecule has 2 aromatic rings. The van der Waals surface area contributed by atoms with E-state index in [1.54, 1.807) is 24.4 Å². The number of sulfonamides is 1. The zero-order valence-electron chi connectivity index (χ0n) is 14.5. The van der Waals surface area contributed by atoms with Crippen molar-refractivity contribution in [1.82, 2.24) is 9.29 Å². The van der Waals surface area contributed by atoms with E-state index < -0.39 is 10.0 Å². The molecule has 0 bridgehead atoms. The van der Waals surface area contributed by atoms with Crippen LogP contribution in [-0.4, -0.2) is 50.1 Å². The highest BCUT2D eigenvalue weighted by Crippen LogP contribution is 2.34. The quantitative estimate of drug-likeness (QED) is 0.771. The molecule has 7 nitrogen and oxygen atoms in total. The van der Waals surface area contributed by atoms with Crippen molar-refractivity contribution in [3.63, 3.8) is 0 Å². The number of aromatic nitrogens is 1. The van der Waals surface area contributed by atoms with Gasteiger partial charge in [-0.15, -0.1) is 0 Å². The fourth-order valence-corrected chi connectivity index (χ4v) is 4.88. The Morgan fingerprint density at radius 1 is 1.19 bits per heavy atom. The van der Waals surface area contributed by atoms with Gasteiger partial charge < -0.3 is 14.2 Å². The average molecular weight is 411 g/mol. The van der Waals surface area contributed by atoms with Gasteiger partial charge in [-0.25, -0.2) is 8.42 Å². The summed E-state index contributed by atoms with van der Waals surface area (Å²) in [5.74, 6) is 1.53. The van der Waals surface area contributed by atoms with Gasteiger partial charge in [0.05, 0.1) is 11.4 Å². The topological polar surface area (TPSA) is 78.0 Å². The normalized spacial score (nSPS) is 20.3. The lowest BCUT2D eigenvalue weighted by Gasteiger charge is -2.32. The van der Waals surface area contributed by atoms with Crippen molar-refractivity contribution in [2.24, 2.45) is 0 Å². The molecule has 0 aliphatic carbocycles. The maximum Gasteiger partial charge on any atom is 0.243 e. The van der Waals surface area contributed by atoms with Crippen LogP contribution >= 0.6 is 11.6 Å². The van der Waals surface area contributed by atoms with Crippen LogP contribution in [0, 0.1) is 0 Å². The first-order valence-electron chi connectivity index (χ1n) is 8.70. The third kappa shape index (κ3) is 3.83. The summed E-state index contributed by atoms with van der Waals surface area (Å²) in [6.45, 7) is 1.57. The summed E-state index contributed by atoms with van der Waals surface area (Å²) in [4.78, 5) is 4.12. The summed E-state index contributed by atoms with van der Waals surface area (Å²) in [5, 5.41) is 0.407. The van der Waals surface area contributed by atoms with Crippen molar-refractivity contribution < 1.29 is 22.6 Å². The number of nitrogens with zero attached hydrogens (tertiary/aromatic N) is 2. The highest BCUT2D eigenvalue weighted by Gasteiger charge is 2.32. The van der Waals surface area contributed by atoms with E-state index in [4.69, 9.17) is 25.8 Å². The van der Waals surface area contributed by atoms with E-state index >= 15 is 0 Å². The Morgan fingerprint density at radius 3 is 2.81 bits per heavy atom. The second-order valence-corrected chi connectivity index (χ2v) is 8.70. The van der Waals surface area contributed by atoms with Crippen LogP contribution in [0.5, 0.6) is 17.2 Å². The molecule has 0 saturated carbocycles. The minimum absolute atomic E-state index is 0.189. The summed E-state index contributed by atoms with van der Waals surface area (Å²) >= 11 is 6.09. The Morgan fingerprint density at radius 2 is 2.00 bits per heavy atom. The number of ether oxygens (including phenoxy) is 3. The van der Waals surface area contributed by atoms with Crippen molar-refractivity contribution in [3.05, 3.63) is 41.7 Å². The number of rotatable bonds is 4. The van der Waals surface area contributed by atoms with Crippen LogP contribution < -0.4 is 14.2 Å². The van der Waals surface area contributed by atoms with E-state index in [1.165, 1.54) is 16.6 Å². The zero-order chi connectivity index (χ0) is 18.9. The maximum atomic E-state index is 13.1. The minimum Gasteiger partial charge on any atom is -0.487 e. The van der Waals surface area contributed by atoms with Gasteiger partial charge in [0.15, 0.2) is 11.5 Å². The van der Waals surface area contributed by atoms with Gasteiger partial charge >= 0.3 is 0 Å². The largest absolute Gasteiger partial charge is 0.487 e. The van der Waals surface area contributed by atoms with Crippen molar-refractivity contribution in [3.8, 4) is 17.2 Å². The predicted octanol–water partition coefficient (Wildman–Crippen LogP) is 2.74. The first-order chi connectivity index (χ1) is 13.0. The van der Waals surface area contributed by atoms with Crippen LogP contribution in [-0.2, 0) is 10.0 Å². The number of halogens is 1. The lowest BCUT2D eigenvalue weighted by Crippen LogP contribution is -2.44. The van der Waals surface area contributed by atoms with Crippen LogP contribution in [0.25, 0.3) is 0 Å². The number of hydrogen-bond acceptors (Lipinski definition) is 6. The number of benzene rings is 1. The van der Waals surface area contributed by atoms with E-state index in [0.29, 0.717) is 48.5 Å². The van der Waals surface area contributed by atoms with E-state index in [9.17, 15) is 8.42 Å². The first kappa shape index (κ1) is 18.3. The summed E-state index contributed by atoms with van der Waals surface area (Å²) in [6.07, 6.45) is 4.28. The fraction of sp³-hybridized carbons (Fsp3) is 0.389. The van der Waals surface area contributed by atoms with Gasteiger partial charge in [-0.1, -0.05) is 11.6 Å². The molecule has 27 heavy (non-hydrogen) atoms. The third-order valence-corrected chi connectivity index (χ3v) is 6.67. The molecule has 4 rings (SSSR count). The molecule has 0 spiro atoms. The molecule has 0 amide bonds. The van der Waals surface area contributed by atoms with Crippen LogP contribution in [0.3, 0.4) is 0 Å². The van der Waals surface area contributed by atoms with Gasteiger partial charge in [0.2, 0.25) is 10.0 Å². The smallest absolute Gasteiger partial charge is 0.243 e. The van der Waals surface area contributed by atoms with Crippen LogP contribution in [0.15, 0.2) is 41.6 Å². The molecule has 1 fully saturated rings. The molecule has 3 heterocycles. The van der Waals surface area contributed by atoms with Crippen molar-refractivity contribution in [2.45, 2.75) is 23.8 Å². The molecular formula is C18H19ClN2O5S. The third-order valence-electron chi connectivity index (χ3n) is 4.52. The molecule has 144 valence electrons. The maximum absolute atomic E-state index is 13.1. The number of hydrogen-bond donors (Lipinski definition) is 0. The molecule has 1 atom stereocenters. The van der Waals surface area contributed by atoms with Gasteiger partial charge in [-0.05, 0) is 25.0 Å². The summed E-state index contributed by atoms with van der Waals surface area (Å²) in [7, 11) is -3.66. The van der Waals surface area contributed by atoms with Crippen LogP contribution in [0.1, 0.15) is 12.8 Å². The molecule has 2 aliphatic heterocycles. The van der Waals surface area contributed by atoms with Crippen molar-refractivity contribution in [1.29, 1.82) is 0 Å². The van der Waals surface area contributed by atoms with Crippen molar-refractivity contribution in [2.75, 3.05) is 26.3 Å². The standard InChI is InChI=1S/C18H19ClN2O5S/c19-15-11-20-6-5-16(15)26-13-2-1-7-21(12-13)27(22,23)14-3-4-17-18(10-14)25-9-8-24-17/h3-6,10-11,13H,1-2,7-9,12H2. The lowest BCUT2D eigenvalue weighted by molar-refractivity contribution is 0.129. The van der Waals surface area contributed by atoms with E-state index in [1.807, 2.05) is 0 Å². The van der Waals surface area contributed by atoms with Gasteiger partial charge in [0, 0.05) is 31.1 Å². The van der Waals surface area contributed by atoms with Gasteiger partial charge in [-0.2, -0.15) is 4.31 Å². The molecule has 2 aliphatic rings. The highest BCUT2D eigenvalue weighted by molar-refractivity contribution is 7.89. The molecule has 1 aromatic heterocycles. The molecule has 1 aromatic carbocycles. The van der Waals surface area contributed by atoms with E-state index in [2.05, 4.69) is 4.98 Å². The number of fused-ring (bicyclic) bond motifs is 1. The number of piperidine rings is 1. The number of pyridine rings is 1. The average Bonchev–Trinajstić information content (AvgIpc) is 2.69. The molecule has 1 unspecified atom stereocenters. The predicted molar refractivity (Wildman–Crippen MR) is 99.1 cm³/mol. The SMILES string of the molecule is O=S(=O)(c1ccc2c(c1)OCCO2)N1CCCC(Oc2ccncc2Cl)C1.